The molecule has 6 heteroatoms. The Morgan fingerprint density at radius 1 is 1.04 bits per heavy atom. The quantitative estimate of drug-likeness (QED) is 0.795. The Morgan fingerprint density at radius 2 is 1.69 bits per heavy atom. The monoisotopic (exact) mass is 357 g/mol. The molecule has 0 aliphatic carbocycles. The second kappa shape index (κ2) is 8.99. The molecule has 2 amide bonds. The Bertz CT molecular complexity index is 771. The van der Waals surface area contributed by atoms with E-state index in [-0.39, 0.29) is 24.2 Å². The van der Waals surface area contributed by atoms with Gasteiger partial charge in [0.05, 0.1) is 6.54 Å². The zero-order valence-electron chi connectivity index (χ0n) is 15.3. The first-order chi connectivity index (χ1) is 12.4. The van der Waals surface area contributed by atoms with Crippen molar-refractivity contribution in [3.8, 4) is 0 Å². The number of rotatable bonds is 7. The number of nitrogens with one attached hydrogen (secondary N) is 2. The van der Waals surface area contributed by atoms with Crippen molar-refractivity contribution in [2.75, 3.05) is 30.3 Å². The predicted molar refractivity (Wildman–Crippen MR) is 102 cm³/mol. The van der Waals surface area contributed by atoms with Gasteiger partial charge in [-0.05, 0) is 68.8 Å². The molecule has 138 valence electrons. The highest BCUT2D eigenvalue weighted by Crippen LogP contribution is 2.16. The number of carbonyl (C=O) groups is 2. The topological polar surface area (TPSA) is 61.4 Å². The van der Waals surface area contributed by atoms with Crippen molar-refractivity contribution in [2.24, 2.45) is 0 Å². The fourth-order valence-corrected chi connectivity index (χ4v) is 2.60. The lowest BCUT2D eigenvalue weighted by molar-refractivity contribution is -0.114. The van der Waals surface area contributed by atoms with Crippen LogP contribution in [0.1, 0.15) is 29.8 Å². The van der Waals surface area contributed by atoms with Gasteiger partial charge in [0.25, 0.3) is 5.91 Å². The Labute approximate surface area is 153 Å². The molecule has 2 N–H and O–H groups in total. The van der Waals surface area contributed by atoms with Crippen LogP contribution in [-0.2, 0) is 4.79 Å². The molecular formula is C20H24FN3O2. The maximum absolute atomic E-state index is 13.1. The summed E-state index contributed by atoms with van der Waals surface area (Å²) < 4.78 is 13.1. The molecule has 26 heavy (non-hydrogen) atoms. The van der Waals surface area contributed by atoms with Crippen molar-refractivity contribution in [1.82, 2.24) is 4.90 Å². The molecule has 0 aromatic heterocycles. The minimum Gasteiger partial charge on any atom is -0.376 e. The summed E-state index contributed by atoms with van der Waals surface area (Å²) in [6, 6.07) is 11.2. The molecule has 0 heterocycles. The number of halogens is 1. The highest BCUT2D eigenvalue weighted by atomic mass is 19.1. The molecule has 0 bridgehead atoms. The van der Waals surface area contributed by atoms with Gasteiger partial charge in [-0.2, -0.15) is 0 Å². The standard InChI is InChI=1S/C20H24FN3O2/c1-4-24(5-2)20(26)15-6-9-17(10-7-15)23-19(25)13-22-18-11-8-16(21)12-14(18)3/h6-12,22H,4-5,13H2,1-3H3,(H,23,25). The molecule has 2 aromatic carbocycles. The summed E-state index contributed by atoms with van der Waals surface area (Å²) >= 11 is 0. The first-order valence-electron chi connectivity index (χ1n) is 8.63. The number of amides is 2. The molecule has 0 radical (unpaired) electrons. The second-order valence-corrected chi connectivity index (χ2v) is 5.92. The van der Waals surface area contributed by atoms with Crippen molar-refractivity contribution in [2.45, 2.75) is 20.8 Å². The third-order valence-corrected chi connectivity index (χ3v) is 4.09. The van der Waals surface area contributed by atoms with Gasteiger partial charge >= 0.3 is 0 Å². The normalized spacial score (nSPS) is 10.3. The maximum atomic E-state index is 13.1. The molecular weight excluding hydrogens is 333 g/mol. The van der Waals surface area contributed by atoms with Crippen LogP contribution in [0, 0.1) is 12.7 Å². The van der Waals surface area contributed by atoms with Crippen molar-refractivity contribution in [3.63, 3.8) is 0 Å². The van der Waals surface area contributed by atoms with E-state index < -0.39 is 0 Å². The van der Waals surface area contributed by atoms with E-state index in [4.69, 9.17) is 0 Å². The van der Waals surface area contributed by atoms with E-state index in [0.29, 0.717) is 30.0 Å². The average molecular weight is 357 g/mol. The van der Waals surface area contributed by atoms with E-state index in [9.17, 15) is 14.0 Å². The number of aryl methyl sites for hydroxylation is 1. The van der Waals surface area contributed by atoms with Gasteiger partial charge in [0, 0.05) is 30.0 Å². The van der Waals surface area contributed by atoms with Crippen molar-refractivity contribution < 1.29 is 14.0 Å². The summed E-state index contributed by atoms with van der Waals surface area (Å²) in [4.78, 5) is 26.1. The van der Waals surface area contributed by atoms with E-state index in [1.807, 2.05) is 13.8 Å². The van der Waals surface area contributed by atoms with Crippen molar-refractivity contribution in [3.05, 3.63) is 59.4 Å². The van der Waals surface area contributed by atoms with Crippen LogP contribution in [0.3, 0.4) is 0 Å². The number of benzene rings is 2. The molecule has 2 rings (SSSR count). The van der Waals surface area contributed by atoms with E-state index in [2.05, 4.69) is 10.6 Å². The Hall–Kier alpha value is -2.89. The van der Waals surface area contributed by atoms with Crippen LogP contribution in [0.25, 0.3) is 0 Å². The third kappa shape index (κ3) is 5.05. The molecule has 5 nitrogen and oxygen atoms in total. The molecule has 0 saturated carbocycles. The summed E-state index contributed by atoms with van der Waals surface area (Å²) in [5.41, 5.74) is 2.65. The van der Waals surface area contributed by atoms with Gasteiger partial charge in [0.2, 0.25) is 5.91 Å². The van der Waals surface area contributed by atoms with Gasteiger partial charge < -0.3 is 15.5 Å². The Balaban J connectivity index is 1.92. The van der Waals surface area contributed by atoms with E-state index >= 15 is 0 Å². The number of hydrogen-bond donors (Lipinski definition) is 2. The summed E-state index contributed by atoms with van der Waals surface area (Å²) in [6.07, 6.45) is 0. The molecule has 0 fully saturated rings. The molecule has 0 saturated heterocycles. The van der Waals surface area contributed by atoms with Crippen LogP contribution in [0.5, 0.6) is 0 Å². The van der Waals surface area contributed by atoms with Gasteiger partial charge in [0.15, 0.2) is 0 Å². The second-order valence-electron chi connectivity index (χ2n) is 5.92. The Morgan fingerprint density at radius 3 is 2.27 bits per heavy atom. The molecule has 0 aliphatic heterocycles. The summed E-state index contributed by atoms with van der Waals surface area (Å²) in [5.74, 6) is -0.560. The Kier molecular flexibility index (Phi) is 6.72. The molecule has 0 spiro atoms. The lowest BCUT2D eigenvalue weighted by Crippen LogP contribution is -2.30. The number of carbonyl (C=O) groups excluding carboxylic acids is 2. The smallest absolute Gasteiger partial charge is 0.253 e. The fraction of sp³-hybridized carbons (Fsp3) is 0.300. The van der Waals surface area contributed by atoms with E-state index in [1.54, 1.807) is 42.2 Å². The van der Waals surface area contributed by atoms with Gasteiger partial charge in [-0.1, -0.05) is 0 Å². The molecule has 2 aromatic rings. The molecule has 0 atom stereocenters. The first-order valence-corrected chi connectivity index (χ1v) is 8.63. The van der Waals surface area contributed by atoms with Gasteiger partial charge in [-0.3, -0.25) is 9.59 Å². The van der Waals surface area contributed by atoms with Gasteiger partial charge in [0.1, 0.15) is 5.82 Å². The minimum absolute atomic E-state index is 0.0265. The van der Waals surface area contributed by atoms with Crippen LogP contribution in [0.15, 0.2) is 42.5 Å². The zero-order chi connectivity index (χ0) is 19.1. The summed E-state index contributed by atoms with van der Waals surface area (Å²) in [6.45, 7) is 7.02. The number of hydrogen-bond acceptors (Lipinski definition) is 3. The van der Waals surface area contributed by atoms with Crippen molar-refractivity contribution >= 4 is 23.2 Å². The summed E-state index contributed by atoms with van der Waals surface area (Å²) in [5, 5.41) is 5.75. The maximum Gasteiger partial charge on any atom is 0.253 e. The minimum atomic E-state index is -0.308. The van der Waals surface area contributed by atoms with Crippen LogP contribution < -0.4 is 10.6 Å². The lowest BCUT2D eigenvalue weighted by atomic mass is 10.1. The first kappa shape index (κ1) is 19.4. The van der Waals surface area contributed by atoms with Crippen LogP contribution >= 0.6 is 0 Å². The largest absolute Gasteiger partial charge is 0.376 e. The fourth-order valence-electron chi connectivity index (χ4n) is 2.60. The summed E-state index contributed by atoms with van der Waals surface area (Å²) in [7, 11) is 0. The predicted octanol–water partition coefficient (Wildman–Crippen LogP) is 3.67. The van der Waals surface area contributed by atoms with Crippen LogP contribution in [0.2, 0.25) is 0 Å². The van der Waals surface area contributed by atoms with Gasteiger partial charge in [-0.15, -0.1) is 0 Å². The van der Waals surface area contributed by atoms with Crippen LogP contribution in [0.4, 0.5) is 15.8 Å². The average Bonchev–Trinajstić information content (AvgIpc) is 2.62. The van der Waals surface area contributed by atoms with Gasteiger partial charge in [-0.25, -0.2) is 4.39 Å². The highest BCUT2D eigenvalue weighted by Gasteiger charge is 2.12. The number of nitrogens with zero attached hydrogens (tertiary/aromatic N) is 1. The lowest BCUT2D eigenvalue weighted by Gasteiger charge is -2.18. The van der Waals surface area contributed by atoms with Crippen molar-refractivity contribution in [1.29, 1.82) is 0 Å². The SMILES string of the molecule is CCN(CC)C(=O)c1ccc(NC(=O)CNc2ccc(F)cc2C)cc1. The van der Waals surface area contributed by atoms with E-state index in [1.165, 1.54) is 12.1 Å². The molecule has 0 unspecified atom stereocenters. The highest BCUT2D eigenvalue weighted by molar-refractivity contribution is 5.96. The van der Waals surface area contributed by atoms with Crippen LogP contribution in [-0.4, -0.2) is 36.3 Å². The zero-order valence-corrected chi connectivity index (χ0v) is 15.3. The number of anilines is 2. The van der Waals surface area contributed by atoms with E-state index in [0.717, 1.165) is 5.56 Å². The third-order valence-electron chi connectivity index (χ3n) is 4.09. The molecule has 0 aliphatic rings.